The highest BCUT2D eigenvalue weighted by molar-refractivity contribution is 6.14. The molecule has 2 aromatic rings. The summed E-state index contributed by atoms with van der Waals surface area (Å²) in [6, 6.07) is 11.8. The molecule has 2 aliphatic rings. The summed E-state index contributed by atoms with van der Waals surface area (Å²) >= 11 is 0. The molecule has 4 rings (SSSR count). The molecule has 0 radical (unpaired) electrons. The lowest BCUT2D eigenvalue weighted by molar-refractivity contribution is 0.145. The number of methoxy groups -OCH3 is 2. The first kappa shape index (κ1) is 22.9. The van der Waals surface area contributed by atoms with E-state index in [1.807, 2.05) is 31.2 Å². The number of urea groups is 1. The van der Waals surface area contributed by atoms with Crippen LogP contribution in [0, 0.1) is 0 Å². The van der Waals surface area contributed by atoms with Crippen LogP contribution in [0.3, 0.4) is 0 Å². The number of carbonyl (C=O) groups is 1. The lowest BCUT2D eigenvalue weighted by Crippen LogP contribution is -2.41. The Hall–Kier alpha value is -3.26. The molecule has 0 saturated carbocycles. The van der Waals surface area contributed by atoms with Gasteiger partial charge in [-0.15, -0.1) is 0 Å². The molecule has 2 aliphatic heterocycles. The third-order valence-electron chi connectivity index (χ3n) is 6.40. The minimum atomic E-state index is -0.254. The van der Waals surface area contributed by atoms with E-state index in [2.05, 4.69) is 22.3 Å². The summed E-state index contributed by atoms with van der Waals surface area (Å²) in [6.07, 6.45) is 1.98. The van der Waals surface area contributed by atoms with Gasteiger partial charge in [-0.2, -0.15) is 5.10 Å². The number of amides is 2. The number of anilines is 1. The molecule has 33 heavy (non-hydrogen) atoms. The summed E-state index contributed by atoms with van der Waals surface area (Å²) in [5, 5.41) is 18.8. The number of aliphatic hydroxyl groups excluding tert-OH is 1. The van der Waals surface area contributed by atoms with Crippen LogP contribution in [0.1, 0.15) is 36.5 Å². The lowest BCUT2D eigenvalue weighted by atomic mass is 9.93. The largest absolute Gasteiger partial charge is 0.493 e. The fraction of sp³-hybridized carbons (Fsp3) is 0.440. The minimum absolute atomic E-state index is 0.140. The van der Waals surface area contributed by atoms with E-state index in [1.54, 1.807) is 21.3 Å². The normalized spacial score (nSPS) is 18.8. The summed E-state index contributed by atoms with van der Waals surface area (Å²) in [6.45, 7) is 3.66. The SMILES string of the molecule is CNC(=O)N1N=C(c2ccc(N3CCC(O)CC3)cc2)c2cc(OC)c(OC)cc2C[C@@H]1C. The quantitative estimate of drug-likeness (QED) is 0.745. The van der Waals surface area contributed by atoms with Crippen LogP contribution in [0.4, 0.5) is 10.5 Å². The van der Waals surface area contributed by atoms with Gasteiger partial charge in [0, 0.05) is 37.0 Å². The summed E-state index contributed by atoms with van der Waals surface area (Å²) in [5.74, 6) is 1.27. The highest BCUT2D eigenvalue weighted by atomic mass is 16.5. The molecule has 0 bridgehead atoms. The van der Waals surface area contributed by atoms with E-state index in [0.29, 0.717) is 23.6 Å². The smallest absolute Gasteiger partial charge is 0.337 e. The average molecular weight is 453 g/mol. The van der Waals surface area contributed by atoms with Gasteiger partial charge in [0.25, 0.3) is 0 Å². The van der Waals surface area contributed by atoms with Crippen LogP contribution < -0.4 is 19.7 Å². The van der Waals surface area contributed by atoms with E-state index in [4.69, 9.17) is 14.6 Å². The van der Waals surface area contributed by atoms with Crippen molar-refractivity contribution in [3.63, 3.8) is 0 Å². The number of nitrogens with one attached hydrogen (secondary N) is 1. The van der Waals surface area contributed by atoms with Gasteiger partial charge in [0.1, 0.15) is 0 Å². The highest BCUT2D eigenvalue weighted by Gasteiger charge is 2.28. The Morgan fingerprint density at radius 3 is 2.33 bits per heavy atom. The highest BCUT2D eigenvalue weighted by Crippen LogP contribution is 2.35. The van der Waals surface area contributed by atoms with E-state index in [0.717, 1.165) is 48.3 Å². The molecule has 8 nitrogen and oxygen atoms in total. The van der Waals surface area contributed by atoms with Gasteiger partial charge in [0.2, 0.25) is 0 Å². The molecule has 0 unspecified atom stereocenters. The molecule has 8 heteroatoms. The number of hydrogen-bond acceptors (Lipinski definition) is 6. The van der Waals surface area contributed by atoms with Crippen LogP contribution in [-0.2, 0) is 6.42 Å². The van der Waals surface area contributed by atoms with E-state index < -0.39 is 0 Å². The van der Waals surface area contributed by atoms with Crippen LogP contribution in [0.25, 0.3) is 0 Å². The van der Waals surface area contributed by atoms with Gasteiger partial charge in [-0.25, -0.2) is 9.80 Å². The third-order valence-corrected chi connectivity index (χ3v) is 6.40. The van der Waals surface area contributed by atoms with Gasteiger partial charge in [-0.1, -0.05) is 12.1 Å². The number of carbonyl (C=O) groups excluding carboxylic acids is 1. The number of aliphatic hydroxyl groups is 1. The molecular formula is C25H32N4O4. The molecule has 1 saturated heterocycles. The second-order valence-electron chi connectivity index (χ2n) is 8.53. The summed E-state index contributed by atoms with van der Waals surface area (Å²) in [7, 11) is 4.84. The molecule has 2 amide bonds. The monoisotopic (exact) mass is 452 g/mol. The fourth-order valence-corrected chi connectivity index (χ4v) is 4.50. The van der Waals surface area contributed by atoms with Gasteiger partial charge in [-0.05, 0) is 56.0 Å². The summed E-state index contributed by atoms with van der Waals surface area (Å²) in [4.78, 5) is 14.9. The predicted octanol–water partition coefficient (Wildman–Crippen LogP) is 3.00. The summed E-state index contributed by atoms with van der Waals surface area (Å²) < 4.78 is 11.1. The first-order valence-corrected chi connectivity index (χ1v) is 11.3. The zero-order valence-electron chi connectivity index (χ0n) is 19.7. The zero-order valence-corrected chi connectivity index (χ0v) is 19.7. The Kier molecular flexibility index (Phi) is 6.74. The fourth-order valence-electron chi connectivity index (χ4n) is 4.50. The number of fused-ring (bicyclic) bond motifs is 1. The molecule has 0 aromatic heterocycles. The van der Waals surface area contributed by atoms with Crippen LogP contribution in [0.15, 0.2) is 41.5 Å². The van der Waals surface area contributed by atoms with Crippen molar-refractivity contribution < 1.29 is 19.4 Å². The van der Waals surface area contributed by atoms with Gasteiger partial charge < -0.3 is 24.8 Å². The van der Waals surface area contributed by atoms with E-state index in [9.17, 15) is 9.90 Å². The topological polar surface area (TPSA) is 86.6 Å². The Morgan fingerprint density at radius 2 is 1.73 bits per heavy atom. The van der Waals surface area contributed by atoms with Gasteiger partial charge in [-0.3, -0.25) is 0 Å². The van der Waals surface area contributed by atoms with Gasteiger partial charge >= 0.3 is 6.03 Å². The Bertz CT molecular complexity index is 1030. The third kappa shape index (κ3) is 4.61. The first-order valence-electron chi connectivity index (χ1n) is 11.3. The first-order chi connectivity index (χ1) is 15.9. The van der Waals surface area contributed by atoms with Gasteiger partial charge in [0.05, 0.1) is 32.1 Å². The van der Waals surface area contributed by atoms with Gasteiger partial charge in [0.15, 0.2) is 11.5 Å². The van der Waals surface area contributed by atoms with Crippen LogP contribution in [0.2, 0.25) is 0 Å². The molecular weight excluding hydrogens is 420 g/mol. The van der Waals surface area contributed by atoms with E-state index in [-0.39, 0.29) is 18.2 Å². The van der Waals surface area contributed by atoms with Crippen molar-refractivity contribution in [2.24, 2.45) is 5.10 Å². The number of hydrazone groups is 1. The lowest BCUT2D eigenvalue weighted by Gasteiger charge is -2.31. The maximum Gasteiger partial charge on any atom is 0.337 e. The van der Waals surface area contributed by atoms with E-state index in [1.165, 1.54) is 5.01 Å². The molecule has 2 aromatic carbocycles. The van der Waals surface area contributed by atoms with Crippen LogP contribution >= 0.6 is 0 Å². The maximum absolute atomic E-state index is 12.6. The van der Waals surface area contributed by atoms with Crippen molar-refractivity contribution in [2.75, 3.05) is 39.3 Å². The van der Waals surface area contributed by atoms with E-state index >= 15 is 0 Å². The molecule has 2 heterocycles. The minimum Gasteiger partial charge on any atom is -0.493 e. The molecule has 1 atom stereocenters. The molecule has 176 valence electrons. The molecule has 1 fully saturated rings. The molecule has 2 N–H and O–H groups in total. The molecule has 0 spiro atoms. The maximum atomic E-state index is 12.6. The Labute approximate surface area is 194 Å². The molecule has 0 aliphatic carbocycles. The van der Waals surface area contributed by atoms with Crippen molar-refractivity contribution in [1.82, 2.24) is 10.3 Å². The Balaban J connectivity index is 1.77. The average Bonchev–Trinajstić information content (AvgIpc) is 2.98. The van der Waals surface area contributed by atoms with Crippen molar-refractivity contribution in [2.45, 2.75) is 38.3 Å². The number of benzene rings is 2. The Morgan fingerprint density at radius 1 is 1.09 bits per heavy atom. The van der Waals surface area contributed by atoms with Crippen molar-refractivity contribution in [1.29, 1.82) is 0 Å². The number of rotatable bonds is 4. The standard InChI is InChI=1S/C25H32N4O4/c1-16-13-18-14-22(32-3)23(33-4)15-21(18)24(27-29(16)25(31)26-2)17-5-7-19(8-6-17)28-11-9-20(30)10-12-28/h5-8,14-16,20,30H,9-13H2,1-4H3,(H,26,31)/t16-/m0/s1. The van der Waals surface area contributed by atoms with Crippen molar-refractivity contribution in [3.05, 3.63) is 53.1 Å². The van der Waals surface area contributed by atoms with Crippen LogP contribution in [-0.4, -0.2) is 68.4 Å². The zero-order chi connectivity index (χ0) is 23.5. The number of piperidine rings is 1. The second-order valence-corrected chi connectivity index (χ2v) is 8.53. The van der Waals surface area contributed by atoms with Crippen molar-refractivity contribution >= 4 is 17.4 Å². The number of nitrogens with zero attached hydrogens (tertiary/aromatic N) is 3. The van der Waals surface area contributed by atoms with Crippen molar-refractivity contribution in [3.8, 4) is 11.5 Å². The predicted molar refractivity (Wildman–Crippen MR) is 129 cm³/mol. The number of hydrogen-bond donors (Lipinski definition) is 2. The summed E-state index contributed by atoms with van der Waals surface area (Å²) in [5.41, 5.74) is 4.69. The van der Waals surface area contributed by atoms with Crippen LogP contribution in [0.5, 0.6) is 11.5 Å². The number of ether oxygens (including phenoxy) is 2. The second kappa shape index (κ2) is 9.70.